The maximum absolute atomic E-state index is 11.5. The fourth-order valence-corrected chi connectivity index (χ4v) is 3.10. The Labute approximate surface area is 118 Å². The van der Waals surface area contributed by atoms with Gasteiger partial charge in [0.25, 0.3) is 0 Å². The highest BCUT2D eigenvalue weighted by atomic mass is 17.2. The number of rotatable bonds is 4. The molecule has 0 saturated heterocycles. The van der Waals surface area contributed by atoms with Crippen molar-refractivity contribution in [1.82, 2.24) is 0 Å². The third-order valence-electron chi connectivity index (χ3n) is 4.32. The average molecular weight is 286 g/mol. The topological polar surface area (TPSA) is 93.1 Å². The molecule has 0 radical (unpaired) electrons. The minimum absolute atomic E-state index is 0.0699. The lowest BCUT2D eigenvalue weighted by Crippen LogP contribution is -2.22. The monoisotopic (exact) mass is 286 g/mol. The van der Waals surface area contributed by atoms with Crippen LogP contribution in [0, 0.1) is 11.8 Å². The first-order valence-corrected chi connectivity index (χ1v) is 7.32. The summed E-state index contributed by atoms with van der Waals surface area (Å²) < 4.78 is 0. The van der Waals surface area contributed by atoms with Crippen LogP contribution in [0.3, 0.4) is 0 Å². The van der Waals surface area contributed by atoms with E-state index in [-0.39, 0.29) is 24.7 Å². The van der Waals surface area contributed by atoms with Crippen molar-refractivity contribution in [3.63, 3.8) is 0 Å². The van der Waals surface area contributed by atoms with E-state index < -0.39 is 24.1 Å². The van der Waals surface area contributed by atoms with E-state index in [2.05, 4.69) is 9.78 Å². The second-order valence-corrected chi connectivity index (χ2v) is 5.84. The van der Waals surface area contributed by atoms with Crippen molar-refractivity contribution in [1.29, 1.82) is 0 Å². The van der Waals surface area contributed by atoms with Gasteiger partial charge in [0.2, 0.25) is 0 Å². The predicted molar refractivity (Wildman–Crippen MR) is 68.1 cm³/mol. The summed E-state index contributed by atoms with van der Waals surface area (Å²) in [6.45, 7) is 0. The third-order valence-corrected chi connectivity index (χ3v) is 4.32. The van der Waals surface area contributed by atoms with Gasteiger partial charge in [0.1, 0.15) is 0 Å². The summed E-state index contributed by atoms with van der Waals surface area (Å²) in [5, 5.41) is 19.2. The molecule has 0 aromatic heterocycles. The van der Waals surface area contributed by atoms with E-state index in [9.17, 15) is 19.8 Å². The Kier molecular flexibility index (Phi) is 5.37. The van der Waals surface area contributed by atoms with Crippen molar-refractivity contribution in [2.24, 2.45) is 11.8 Å². The Hall–Kier alpha value is -1.14. The van der Waals surface area contributed by atoms with Gasteiger partial charge in [-0.15, -0.1) is 0 Å². The van der Waals surface area contributed by atoms with E-state index in [1.165, 1.54) is 0 Å². The summed E-state index contributed by atoms with van der Waals surface area (Å²) in [6.07, 6.45) is 4.00. The van der Waals surface area contributed by atoms with Gasteiger partial charge in [-0.1, -0.05) is 12.8 Å². The molecule has 0 bridgehead atoms. The van der Waals surface area contributed by atoms with Gasteiger partial charge >= 0.3 is 11.9 Å². The molecule has 0 aromatic rings. The fraction of sp³-hybridized carbons (Fsp3) is 0.857. The molecule has 2 saturated carbocycles. The Morgan fingerprint density at radius 1 is 0.800 bits per heavy atom. The van der Waals surface area contributed by atoms with Gasteiger partial charge in [-0.25, -0.2) is 19.4 Å². The maximum Gasteiger partial charge on any atom is 0.355 e. The van der Waals surface area contributed by atoms with E-state index in [4.69, 9.17) is 0 Å². The van der Waals surface area contributed by atoms with Crippen molar-refractivity contribution >= 4 is 11.9 Å². The quantitative estimate of drug-likeness (QED) is 0.593. The number of carbonyl (C=O) groups excluding carboxylic acids is 2. The molecule has 0 amide bonds. The summed E-state index contributed by atoms with van der Waals surface area (Å²) >= 11 is 0. The molecule has 6 heteroatoms. The number of carbonyl (C=O) groups is 2. The van der Waals surface area contributed by atoms with Gasteiger partial charge in [-0.05, 0) is 37.5 Å². The van der Waals surface area contributed by atoms with Crippen LogP contribution >= 0.6 is 0 Å². The molecule has 4 atom stereocenters. The molecule has 4 unspecified atom stereocenters. The van der Waals surface area contributed by atoms with Gasteiger partial charge in [-0.3, -0.25) is 0 Å². The minimum atomic E-state index is -0.628. The SMILES string of the molecule is O=C(CC1CCCC1O)OOC(=O)CC1CCCC1O. The van der Waals surface area contributed by atoms with Crippen LogP contribution in [-0.4, -0.2) is 34.4 Å². The van der Waals surface area contributed by atoms with Crippen molar-refractivity contribution in [3.05, 3.63) is 0 Å². The lowest BCUT2D eigenvalue weighted by Gasteiger charge is -2.14. The molecular weight excluding hydrogens is 264 g/mol. The first kappa shape index (κ1) is 15.3. The van der Waals surface area contributed by atoms with E-state index in [1.807, 2.05) is 0 Å². The van der Waals surface area contributed by atoms with Crippen LogP contribution in [-0.2, 0) is 19.4 Å². The molecule has 0 aliphatic heterocycles. The molecule has 0 heterocycles. The largest absolute Gasteiger partial charge is 0.393 e. The van der Waals surface area contributed by atoms with Crippen LogP contribution in [0.2, 0.25) is 0 Å². The van der Waals surface area contributed by atoms with E-state index >= 15 is 0 Å². The summed E-state index contributed by atoms with van der Waals surface area (Å²) in [5.74, 6) is -1.46. The smallest absolute Gasteiger partial charge is 0.355 e. The van der Waals surface area contributed by atoms with E-state index in [0.717, 1.165) is 25.7 Å². The molecule has 0 spiro atoms. The maximum atomic E-state index is 11.5. The zero-order valence-electron chi connectivity index (χ0n) is 11.5. The molecule has 20 heavy (non-hydrogen) atoms. The second kappa shape index (κ2) is 7.04. The lowest BCUT2D eigenvalue weighted by molar-refractivity contribution is -0.260. The van der Waals surface area contributed by atoms with Crippen molar-refractivity contribution in [2.45, 2.75) is 63.6 Å². The van der Waals surface area contributed by atoms with Crippen LogP contribution < -0.4 is 0 Å². The van der Waals surface area contributed by atoms with Crippen LogP contribution in [0.15, 0.2) is 0 Å². The van der Waals surface area contributed by atoms with Gasteiger partial charge < -0.3 is 10.2 Å². The average Bonchev–Trinajstić information content (AvgIpc) is 2.98. The minimum Gasteiger partial charge on any atom is -0.393 e. The molecule has 6 nitrogen and oxygen atoms in total. The normalized spacial score (nSPS) is 33.1. The molecule has 2 fully saturated rings. The first-order chi connectivity index (χ1) is 9.56. The summed E-state index contributed by atoms with van der Waals surface area (Å²) in [7, 11) is 0. The second-order valence-electron chi connectivity index (χ2n) is 5.84. The van der Waals surface area contributed by atoms with Crippen molar-refractivity contribution < 1.29 is 29.6 Å². The van der Waals surface area contributed by atoms with Gasteiger partial charge in [0.15, 0.2) is 0 Å². The van der Waals surface area contributed by atoms with Gasteiger partial charge in [0.05, 0.1) is 25.0 Å². The van der Waals surface area contributed by atoms with Crippen molar-refractivity contribution in [3.8, 4) is 0 Å². The van der Waals surface area contributed by atoms with E-state index in [0.29, 0.717) is 12.8 Å². The van der Waals surface area contributed by atoms with Gasteiger partial charge in [0, 0.05) is 0 Å². The Morgan fingerprint density at radius 3 is 1.50 bits per heavy atom. The molecule has 2 aliphatic rings. The standard InChI is InChI=1S/C14H22O6/c15-11-5-1-3-9(11)7-13(17)19-20-14(18)8-10-4-2-6-12(10)16/h9-12,15-16H,1-8H2. The lowest BCUT2D eigenvalue weighted by atomic mass is 10.0. The zero-order valence-corrected chi connectivity index (χ0v) is 11.5. The number of hydrogen-bond acceptors (Lipinski definition) is 6. The Balaban J connectivity index is 1.64. The highest BCUT2D eigenvalue weighted by molar-refractivity contribution is 5.73. The highest BCUT2D eigenvalue weighted by Gasteiger charge is 2.30. The number of aliphatic hydroxyl groups excluding tert-OH is 2. The summed E-state index contributed by atoms with van der Waals surface area (Å²) in [4.78, 5) is 31.9. The molecule has 2 aliphatic carbocycles. The Bertz CT molecular complexity index is 322. The van der Waals surface area contributed by atoms with Crippen LogP contribution in [0.1, 0.15) is 51.4 Å². The molecule has 114 valence electrons. The molecule has 2 rings (SSSR count). The molecular formula is C14H22O6. The Morgan fingerprint density at radius 2 is 1.20 bits per heavy atom. The predicted octanol–water partition coefficient (Wildman–Crippen LogP) is 1.09. The van der Waals surface area contributed by atoms with E-state index in [1.54, 1.807) is 0 Å². The molecule has 0 aromatic carbocycles. The zero-order chi connectivity index (χ0) is 14.5. The first-order valence-electron chi connectivity index (χ1n) is 7.32. The van der Waals surface area contributed by atoms with Crippen LogP contribution in [0.25, 0.3) is 0 Å². The highest BCUT2D eigenvalue weighted by Crippen LogP contribution is 2.29. The third kappa shape index (κ3) is 4.18. The number of aliphatic hydroxyl groups is 2. The number of hydrogen-bond donors (Lipinski definition) is 2. The molecule has 2 N–H and O–H groups in total. The van der Waals surface area contributed by atoms with Gasteiger partial charge in [-0.2, -0.15) is 0 Å². The summed E-state index contributed by atoms with van der Waals surface area (Å²) in [6, 6.07) is 0. The summed E-state index contributed by atoms with van der Waals surface area (Å²) in [5.41, 5.74) is 0. The fourth-order valence-electron chi connectivity index (χ4n) is 3.10. The van der Waals surface area contributed by atoms with Crippen LogP contribution in [0.5, 0.6) is 0 Å². The van der Waals surface area contributed by atoms with Crippen molar-refractivity contribution in [2.75, 3.05) is 0 Å². The van der Waals surface area contributed by atoms with Crippen LogP contribution in [0.4, 0.5) is 0 Å².